The Morgan fingerprint density at radius 2 is 2.14 bits per heavy atom. The molecule has 0 spiro atoms. The maximum absolute atomic E-state index is 3.65. The Balaban J connectivity index is 3.54. The number of rotatable bonds is 8. The van der Waals surface area contributed by atoms with Gasteiger partial charge in [-0.1, -0.05) is 50.6 Å². The first-order valence-corrected chi connectivity index (χ1v) is 5.50. The maximum Gasteiger partial charge on any atom is 0.0202 e. The molecule has 0 aromatic carbocycles. The third kappa shape index (κ3) is 7.81. The molecule has 0 aromatic rings. The molecule has 80 valence electrons. The van der Waals surface area contributed by atoms with E-state index in [0.717, 1.165) is 13.1 Å². The van der Waals surface area contributed by atoms with E-state index < -0.39 is 0 Å². The van der Waals surface area contributed by atoms with Gasteiger partial charge in [-0.25, -0.2) is 0 Å². The summed E-state index contributed by atoms with van der Waals surface area (Å²) < 4.78 is 0. The van der Waals surface area contributed by atoms with Crippen molar-refractivity contribution in [1.82, 2.24) is 5.32 Å². The van der Waals surface area contributed by atoms with Crippen LogP contribution in [-0.2, 0) is 0 Å². The van der Waals surface area contributed by atoms with E-state index in [1.165, 1.54) is 24.8 Å². The van der Waals surface area contributed by atoms with Gasteiger partial charge in [0.15, 0.2) is 0 Å². The van der Waals surface area contributed by atoms with Crippen molar-refractivity contribution in [1.29, 1.82) is 0 Å². The van der Waals surface area contributed by atoms with Gasteiger partial charge in [0.25, 0.3) is 0 Å². The van der Waals surface area contributed by atoms with E-state index in [-0.39, 0.29) is 0 Å². The molecule has 0 amide bonds. The lowest BCUT2D eigenvalue weighted by Gasteiger charge is -2.04. The lowest BCUT2D eigenvalue weighted by Crippen LogP contribution is -2.17. The van der Waals surface area contributed by atoms with Gasteiger partial charge in [0.2, 0.25) is 0 Å². The van der Waals surface area contributed by atoms with E-state index in [9.17, 15) is 0 Å². The van der Waals surface area contributed by atoms with Gasteiger partial charge in [0.1, 0.15) is 0 Å². The molecule has 0 radical (unpaired) electrons. The van der Waals surface area contributed by atoms with Gasteiger partial charge in [0.05, 0.1) is 0 Å². The van der Waals surface area contributed by atoms with Gasteiger partial charge in [0, 0.05) is 6.54 Å². The van der Waals surface area contributed by atoms with Gasteiger partial charge in [-0.05, 0) is 25.5 Å². The largest absolute Gasteiger partial charge is 0.313 e. The SMILES string of the molecule is C=C/C=C\C(=C/C)CNCCCCC. The summed E-state index contributed by atoms with van der Waals surface area (Å²) in [6.45, 7) is 10.0. The fourth-order valence-electron chi connectivity index (χ4n) is 1.18. The quantitative estimate of drug-likeness (QED) is 0.460. The first-order valence-electron chi connectivity index (χ1n) is 5.50. The minimum atomic E-state index is 0.963. The standard InChI is InChI=1S/C13H23N/c1-4-7-9-11-14-12-13(6-3)10-8-5-2/h5-6,8,10,14H,2,4,7,9,11-12H2,1,3H3/b10-8-,13-6+. The molecule has 0 saturated heterocycles. The monoisotopic (exact) mass is 193 g/mol. The molecule has 0 aliphatic rings. The average Bonchev–Trinajstić information content (AvgIpc) is 2.22. The zero-order valence-electron chi connectivity index (χ0n) is 9.55. The zero-order valence-corrected chi connectivity index (χ0v) is 9.55. The molecule has 0 aromatic heterocycles. The highest BCUT2D eigenvalue weighted by atomic mass is 14.8. The molecular formula is C13H23N. The van der Waals surface area contributed by atoms with Crippen molar-refractivity contribution in [3.05, 3.63) is 36.5 Å². The third-order valence-electron chi connectivity index (χ3n) is 2.10. The average molecular weight is 193 g/mol. The van der Waals surface area contributed by atoms with Crippen molar-refractivity contribution >= 4 is 0 Å². The Morgan fingerprint density at radius 3 is 2.71 bits per heavy atom. The second-order valence-electron chi connectivity index (χ2n) is 3.34. The minimum Gasteiger partial charge on any atom is -0.313 e. The summed E-state index contributed by atoms with van der Waals surface area (Å²) in [6.07, 6.45) is 11.9. The Bertz CT molecular complexity index is 189. The van der Waals surface area contributed by atoms with Crippen LogP contribution in [0.1, 0.15) is 33.1 Å². The molecule has 0 atom stereocenters. The van der Waals surface area contributed by atoms with Crippen molar-refractivity contribution in [2.45, 2.75) is 33.1 Å². The van der Waals surface area contributed by atoms with Gasteiger partial charge in [-0.2, -0.15) is 0 Å². The van der Waals surface area contributed by atoms with Crippen molar-refractivity contribution in [2.24, 2.45) is 0 Å². The van der Waals surface area contributed by atoms with Crippen LogP contribution < -0.4 is 5.32 Å². The predicted molar refractivity (Wildman–Crippen MR) is 65.5 cm³/mol. The molecule has 0 aliphatic heterocycles. The molecule has 1 nitrogen and oxygen atoms in total. The molecule has 0 fully saturated rings. The first-order chi connectivity index (χ1) is 6.85. The van der Waals surface area contributed by atoms with Gasteiger partial charge in [-0.3, -0.25) is 0 Å². The molecule has 0 bridgehead atoms. The summed E-state index contributed by atoms with van der Waals surface area (Å²) in [4.78, 5) is 0. The summed E-state index contributed by atoms with van der Waals surface area (Å²) in [5.74, 6) is 0. The fraction of sp³-hybridized carbons (Fsp3) is 0.538. The maximum atomic E-state index is 3.65. The van der Waals surface area contributed by atoms with Crippen molar-refractivity contribution < 1.29 is 0 Å². The van der Waals surface area contributed by atoms with Crippen LogP contribution in [0.2, 0.25) is 0 Å². The third-order valence-corrected chi connectivity index (χ3v) is 2.10. The van der Waals surface area contributed by atoms with Crippen LogP contribution in [0.4, 0.5) is 0 Å². The van der Waals surface area contributed by atoms with E-state index >= 15 is 0 Å². The van der Waals surface area contributed by atoms with Gasteiger partial charge in [-0.15, -0.1) is 0 Å². The Morgan fingerprint density at radius 1 is 1.36 bits per heavy atom. The van der Waals surface area contributed by atoms with E-state index in [0.29, 0.717) is 0 Å². The highest BCUT2D eigenvalue weighted by Crippen LogP contribution is 1.96. The van der Waals surface area contributed by atoms with Crippen molar-refractivity contribution in [2.75, 3.05) is 13.1 Å². The summed E-state index contributed by atoms with van der Waals surface area (Å²) in [6, 6.07) is 0. The normalized spacial score (nSPS) is 12.3. The number of allylic oxidation sites excluding steroid dienone is 3. The Kier molecular flexibility index (Phi) is 9.66. The van der Waals surface area contributed by atoms with Crippen LogP contribution in [-0.4, -0.2) is 13.1 Å². The van der Waals surface area contributed by atoms with Crippen LogP contribution in [0.15, 0.2) is 36.5 Å². The number of hydrogen-bond donors (Lipinski definition) is 1. The van der Waals surface area contributed by atoms with Crippen LogP contribution in [0.5, 0.6) is 0 Å². The molecule has 1 heteroatoms. The van der Waals surface area contributed by atoms with Crippen molar-refractivity contribution in [3.8, 4) is 0 Å². The summed E-state index contributed by atoms with van der Waals surface area (Å²) in [7, 11) is 0. The Hall–Kier alpha value is -0.820. The number of nitrogens with one attached hydrogen (secondary N) is 1. The minimum absolute atomic E-state index is 0.963. The van der Waals surface area contributed by atoms with E-state index in [1.807, 2.05) is 6.08 Å². The molecule has 0 rings (SSSR count). The summed E-state index contributed by atoms with van der Waals surface area (Å²) in [5, 5.41) is 3.43. The predicted octanol–water partition coefficient (Wildman–Crippen LogP) is 3.45. The molecule has 0 saturated carbocycles. The highest BCUT2D eigenvalue weighted by Gasteiger charge is 1.90. The molecule has 0 aliphatic carbocycles. The van der Waals surface area contributed by atoms with Gasteiger partial charge < -0.3 is 5.32 Å². The highest BCUT2D eigenvalue weighted by molar-refractivity contribution is 5.22. The molecule has 14 heavy (non-hydrogen) atoms. The van der Waals surface area contributed by atoms with Crippen LogP contribution in [0.25, 0.3) is 0 Å². The summed E-state index contributed by atoms with van der Waals surface area (Å²) >= 11 is 0. The smallest absolute Gasteiger partial charge is 0.0202 e. The van der Waals surface area contributed by atoms with Crippen LogP contribution in [0, 0.1) is 0 Å². The first kappa shape index (κ1) is 13.2. The van der Waals surface area contributed by atoms with Gasteiger partial charge >= 0.3 is 0 Å². The number of hydrogen-bond acceptors (Lipinski definition) is 1. The molecule has 0 heterocycles. The fourth-order valence-corrected chi connectivity index (χ4v) is 1.18. The van der Waals surface area contributed by atoms with E-state index in [2.05, 4.69) is 37.9 Å². The molecular weight excluding hydrogens is 170 g/mol. The van der Waals surface area contributed by atoms with E-state index in [4.69, 9.17) is 0 Å². The lowest BCUT2D eigenvalue weighted by molar-refractivity contribution is 0.642. The molecule has 0 unspecified atom stereocenters. The Labute approximate surface area is 88.6 Å². The number of unbranched alkanes of at least 4 members (excludes halogenated alkanes) is 2. The van der Waals surface area contributed by atoms with E-state index in [1.54, 1.807) is 6.08 Å². The summed E-state index contributed by atoms with van der Waals surface area (Å²) in [5.41, 5.74) is 1.32. The second kappa shape index (κ2) is 10.3. The van der Waals surface area contributed by atoms with Crippen LogP contribution >= 0.6 is 0 Å². The molecule has 1 N–H and O–H groups in total. The second-order valence-corrected chi connectivity index (χ2v) is 3.34. The van der Waals surface area contributed by atoms with Crippen molar-refractivity contribution in [3.63, 3.8) is 0 Å². The zero-order chi connectivity index (χ0) is 10.6. The topological polar surface area (TPSA) is 12.0 Å². The van der Waals surface area contributed by atoms with Crippen LogP contribution in [0.3, 0.4) is 0 Å². The lowest BCUT2D eigenvalue weighted by atomic mass is 10.2.